The van der Waals surface area contributed by atoms with Crippen molar-refractivity contribution in [1.29, 1.82) is 0 Å². The molecule has 0 aromatic carbocycles. The second-order valence-electron chi connectivity index (χ2n) is 2.63. The van der Waals surface area contributed by atoms with Gasteiger partial charge in [0, 0.05) is 6.42 Å². The molecule has 1 aromatic rings. The van der Waals surface area contributed by atoms with Gasteiger partial charge >= 0.3 is 5.97 Å². The molecule has 6 heteroatoms. The van der Waals surface area contributed by atoms with E-state index in [1.165, 1.54) is 6.20 Å². The second-order valence-corrected chi connectivity index (χ2v) is 3.66. The first-order valence-electron chi connectivity index (χ1n) is 4.12. The molecule has 0 fully saturated rings. The van der Waals surface area contributed by atoms with E-state index in [4.69, 9.17) is 5.11 Å². The normalized spacial score (nSPS) is 9.79. The first-order valence-corrected chi connectivity index (χ1v) is 4.94. The van der Waals surface area contributed by atoms with Crippen molar-refractivity contribution in [2.24, 2.45) is 0 Å². The molecule has 1 rings (SSSR count). The third-order valence-electron chi connectivity index (χ3n) is 1.44. The number of hydrogen-bond acceptors (Lipinski definition) is 4. The quantitative estimate of drug-likeness (QED) is 0.797. The standard InChI is InChI=1S/C8H10N2O3S/c1-2-3-6(11)10-8-9-4-5(14-8)7(12)13/h4H,2-3H2,1H3,(H,12,13)(H,9,10,11). The predicted molar refractivity (Wildman–Crippen MR) is 52.6 cm³/mol. The van der Waals surface area contributed by atoms with Gasteiger partial charge in [-0.15, -0.1) is 0 Å². The van der Waals surface area contributed by atoms with Gasteiger partial charge in [0.2, 0.25) is 5.91 Å². The zero-order valence-corrected chi connectivity index (χ0v) is 8.43. The van der Waals surface area contributed by atoms with Gasteiger partial charge in [0.15, 0.2) is 5.13 Å². The molecule has 0 saturated carbocycles. The van der Waals surface area contributed by atoms with Crippen molar-refractivity contribution in [2.75, 3.05) is 5.32 Å². The Labute approximate surface area is 84.8 Å². The topological polar surface area (TPSA) is 79.3 Å². The maximum absolute atomic E-state index is 11.1. The minimum atomic E-state index is -1.03. The number of thiazole rings is 1. The molecule has 5 nitrogen and oxygen atoms in total. The molecule has 0 aliphatic carbocycles. The molecular weight excluding hydrogens is 204 g/mol. The van der Waals surface area contributed by atoms with Crippen LogP contribution in [0.15, 0.2) is 6.20 Å². The van der Waals surface area contributed by atoms with E-state index >= 15 is 0 Å². The van der Waals surface area contributed by atoms with Crippen LogP contribution < -0.4 is 5.32 Å². The third-order valence-corrected chi connectivity index (χ3v) is 2.34. The highest BCUT2D eigenvalue weighted by atomic mass is 32.1. The summed E-state index contributed by atoms with van der Waals surface area (Å²) in [6, 6.07) is 0. The van der Waals surface area contributed by atoms with E-state index in [-0.39, 0.29) is 10.8 Å². The van der Waals surface area contributed by atoms with Gasteiger partial charge in [-0.05, 0) is 6.42 Å². The van der Waals surface area contributed by atoms with E-state index in [0.29, 0.717) is 11.6 Å². The molecular formula is C8H10N2O3S. The fourth-order valence-electron chi connectivity index (χ4n) is 0.840. The number of carbonyl (C=O) groups is 2. The summed E-state index contributed by atoms with van der Waals surface area (Å²) in [6.07, 6.45) is 2.40. The van der Waals surface area contributed by atoms with Gasteiger partial charge in [-0.2, -0.15) is 0 Å². The third kappa shape index (κ3) is 2.81. The number of carbonyl (C=O) groups excluding carboxylic acids is 1. The van der Waals surface area contributed by atoms with Gasteiger partial charge in [-0.3, -0.25) is 4.79 Å². The Morgan fingerprint density at radius 1 is 1.64 bits per heavy atom. The van der Waals surface area contributed by atoms with Crippen LogP contribution in [0.2, 0.25) is 0 Å². The SMILES string of the molecule is CCCC(=O)Nc1ncc(C(=O)O)s1. The van der Waals surface area contributed by atoms with E-state index in [0.717, 1.165) is 17.8 Å². The highest BCUT2D eigenvalue weighted by Gasteiger charge is 2.09. The summed E-state index contributed by atoms with van der Waals surface area (Å²) in [7, 11) is 0. The number of nitrogens with zero attached hydrogens (tertiary/aromatic N) is 1. The van der Waals surface area contributed by atoms with Crippen LogP contribution in [0.1, 0.15) is 29.4 Å². The molecule has 0 atom stereocenters. The van der Waals surface area contributed by atoms with Gasteiger partial charge in [0.1, 0.15) is 4.88 Å². The van der Waals surface area contributed by atoms with Gasteiger partial charge in [-0.1, -0.05) is 18.3 Å². The first-order chi connectivity index (χ1) is 6.63. The second kappa shape index (κ2) is 4.71. The fraction of sp³-hybridized carbons (Fsp3) is 0.375. The molecule has 0 unspecified atom stereocenters. The van der Waals surface area contributed by atoms with Gasteiger partial charge in [0.05, 0.1) is 6.20 Å². The minimum Gasteiger partial charge on any atom is -0.477 e. The molecule has 1 heterocycles. The molecule has 0 spiro atoms. The Bertz CT molecular complexity index is 348. The van der Waals surface area contributed by atoms with Crippen LogP contribution in [0.4, 0.5) is 5.13 Å². The van der Waals surface area contributed by atoms with Crippen LogP contribution in [0.5, 0.6) is 0 Å². The molecule has 1 aromatic heterocycles. The molecule has 76 valence electrons. The Kier molecular flexibility index (Phi) is 3.58. The average Bonchev–Trinajstić information content (AvgIpc) is 2.53. The summed E-state index contributed by atoms with van der Waals surface area (Å²) in [4.78, 5) is 25.5. The largest absolute Gasteiger partial charge is 0.477 e. The van der Waals surface area contributed by atoms with Gasteiger partial charge in [0.25, 0.3) is 0 Å². The monoisotopic (exact) mass is 214 g/mol. The lowest BCUT2D eigenvalue weighted by Crippen LogP contribution is -2.09. The number of aromatic nitrogens is 1. The number of aromatic carboxylic acids is 1. The molecule has 0 aliphatic rings. The van der Waals surface area contributed by atoms with Crippen LogP contribution in [0, 0.1) is 0 Å². The van der Waals surface area contributed by atoms with Crippen molar-refractivity contribution in [2.45, 2.75) is 19.8 Å². The van der Waals surface area contributed by atoms with Crippen LogP contribution in [-0.4, -0.2) is 22.0 Å². The molecule has 1 amide bonds. The van der Waals surface area contributed by atoms with Crippen molar-refractivity contribution < 1.29 is 14.7 Å². The average molecular weight is 214 g/mol. The predicted octanol–water partition coefficient (Wildman–Crippen LogP) is 1.58. The van der Waals surface area contributed by atoms with Gasteiger partial charge < -0.3 is 10.4 Å². The molecule has 2 N–H and O–H groups in total. The summed E-state index contributed by atoms with van der Waals surface area (Å²) < 4.78 is 0. The summed E-state index contributed by atoms with van der Waals surface area (Å²) in [5.74, 6) is -1.17. The highest BCUT2D eigenvalue weighted by Crippen LogP contribution is 2.17. The van der Waals surface area contributed by atoms with E-state index in [1.54, 1.807) is 0 Å². The number of anilines is 1. The zero-order chi connectivity index (χ0) is 10.6. The number of amides is 1. The number of hydrogen-bond donors (Lipinski definition) is 2. The number of rotatable bonds is 4. The summed E-state index contributed by atoms with van der Waals surface area (Å²) in [5, 5.41) is 11.5. The fourth-order valence-corrected chi connectivity index (χ4v) is 1.51. The molecule has 14 heavy (non-hydrogen) atoms. The van der Waals surface area contributed by atoms with Gasteiger partial charge in [-0.25, -0.2) is 9.78 Å². The maximum atomic E-state index is 11.1. The van der Waals surface area contributed by atoms with Crippen LogP contribution in [-0.2, 0) is 4.79 Å². The molecule has 0 bridgehead atoms. The molecule has 0 radical (unpaired) electrons. The van der Waals surface area contributed by atoms with E-state index in [9.17, 15) is 9.59 Å². The first kappa shape index (κ1) is 10.6. The van der Waals surface area contributed by atoms with Crippen LogP contribution in [0.3, 0.4) is 0 Å². The van der Waals surface area contributed by atoms with E-state index in [1.807, 2.05) is 6.92 Å². The Hall–Kier alpha value is -1.43. The minimum absolute atomic E-state index is 0.122. The maximum Gasteiger partial charge on any atom is 0.347 e. The smallest absolute Gasteiger partial charge is 0.347 e. The van der Waals surface area contributed by atoms with Crippen LogP contribution >= 0.6 is 11.3 Å². The van der Waals surface area contributed by atoms with Crippen molar-refractivity contribution in [1.82, 2.24) is 4.98 Å². The van der Waals surface area contributed by atoms with Crippen LogP contribution in [0.25, 0.3) is 0 Å². The number of carboxylic acid groups (broad SMARTS) is 1. The van der Waals surface area contributed by atoms with Crippen molar-refractivity contribution >= 4 is 28.3 Å². The Balaban J connectivity index is 2.59. The Morgan fingerprint density at radius 3 is 2.86 bits per heavy atom. The Morgan fingerprint density at radius 2 is 2.36 bits per heavy atom. The van der Waals surface area contributed by atoms with Crippen molar-refractivity contribution in [3.8, 4) is 0 Å². The lowest BCUT2D eigenvalue weighted by molar-refractivity contribution is -0.116. The number of carboxylic acids is 1. The zero-order valence-electron chi connectivity index (χ0n) is 7.61. The highest BCUT2D eigenvalue weighted by molar-refractivity contribution is 7.17. The summed E-state index contributed by atoms with van der Waals surface area (Å²) in [5.41, 5.74) is 0. The van der Waals surface area contributed by atoms with E-state index in [2.05, 4.69) is 10.3 Å². The number of nitrogens with one attached hydrogen (secondary N) is 1. The van der Waals surface area contributed by atoms with E-state index < -0.39 is 5.97 Å². The summed E-state index contributed by atoms with van der Waals surface area (Å²) in [6.45, 7) is 1.89. The van der Waals surface area contributed by atoms with Crippen molar-refractivity contribution in [3.63, 3.8) is 0 Å². The lowest BCUT2D eigenvalue weighted by Gasteiger charge is -1.97. The summed E-state index contributed by atoms with van der Waals surface area (Å²) >= 11 is 0.953. The lowest BCUT2D eigenvalue weighted by atomic mass is 10.3. The molecule has 0 saturated heterocycles. The van der Waals surface area contributed by atoms with Crippen molar-refractivity contribution in [3.05, 3.63) is 11.1 Å². The molecule has 0 aliphatic heterocycles.